The average molecular weight is 331 g/mol. The fourth-order valence-electron chi connectivity index (χ4n) is 1.57. The number of unbranched alkanes of at least 4 members (excludes halogenated alkanes) is 3. The Morgan fingerprint density at radius 3 is 1.81 bits per heavy atom. The van der Waals surface area contributed by atoms with Crippen LogP contribution < -0.4 is 0 Å². The Balaban J connectivity index is 2.71. The molecule has 0 radical (unpaired) electrons. The largest absolute Gasteiger partial charge is 0.462 e. The summed E-state index contributed by atoms with van der Waals surface area (Å²) in [5.74, 6) is -12.2. The predicted octanol–water partition coefficient (Wildman–Crippen LogP) is 4.34. The van der Waals surface area contributed by atoms with Crippen molar-refractivity contribution >= 4 is 17.6 Å². The first kappa shape index (κ1) is 17.7. The van der Waals surface area contributed by atoms with Gasteiger partial charge in [-0.2, -0.15) is 0 Å². The van der Waals surface area contributed by atoms with Crippen LogP contribution in [0.15, 0.2) is 0 Å². The Kier molecular flexibility index (Phi) is 6.87. The number of halogens is 6. The third-order valence-electron chi connectivity index (χ3n) is 2.68. The molecule has 0 aromatic heterocycles. The summed E-state index contributed by atoms with van der Waals surface area (Å²) >= 11 is 5.45. The number of hydrogen-bond acceptors (Lipinski definition) is 2. The van der Waals surface area contributed by atoms with Crippen molar-refractivity contribution in [2.24, 2.45) is 0 Å². The van der Waals surface area contributed by atoms with Crippen molar-refractivity contribution in [1.29, 1.82) is 0 Å². The number of rotatable bonds is 7. The van der Waals surface area contributed by atoms with E-state index >= 15 is 0 Å². The normalized spacial score (nSPS) is 10.8. The number of ether oxygens (including phenoxy) is 1. The molecule has 0 N–H and O–H groups in total. The van der Waals surface area contributed by atoms with Crippen molar-refractivity contribution in [3.63, 3.8) is 0 Å². The lowest BCUT2D eigenvalue weighted by Crippen LogP contribution is -2.15. The fourth-order valence-corrected chi connectivity index (χ4v) is 1.76. The number of carbonyl (C=O) groups excluding carboxylic acids is 1. The Bertz CT molecular complexity index is 493. The standard InChI is InChI=1S/C13H12ClF5O2/c14-5-3-1-2-4-6-21-13(20)7-8(15)10(17)12(19)11(18)9(7)16/h1-6H2. The fraction of sp³-hybridized carbons (Fsp3) is 0.462. The van der Waals surface area contributed by atoms with Crippen LogP contribution in [0.25, 0.3) is 0 Å². The molecule has 1 aromatic rings. The summed E-state index contributed by atoms with van der Waals surface area (Å²) in [5.41, 5.74) is -1.58. The summed E-state index contributed by atoms with van der Waals surface area (Å²) < 4.78 is 69.7. The molecule has 21 heavy (non-hydrogen) atoms. The van der Waals surface area contributed by atoms with Gasteiger partial charge in [-0.15, -0.1) is 11.6 Å². The van der Waals surface area contributed by atoms with E-state index in [1.165, 1.54) is 0 Å². The topological polar surface area (TPSA) is 26.3 Å². The molecule has 0 amide bonds. The highest BCUT2D eigenvalue weighted by Gasteiger charge is 2.30. The molecule has 0 atom stereocenters. The van der Waals surface area contributed by atoms with E-state index in [0.717, 1.165) is 12.8 Å². The minimum Gasteiger partial charge on any atom is -0.462 e. The van der Waals surface area contributed by atoms with E-state index in [4.69, 9.17) is 11.6 Å². The van der Waals surface area contributed by atoms with Crippen molar-refractivity contribution in [2.75, 3.05) is 12.5 Å². The van der Waals surface area contributed by atoms with E-state index < -0.39 is 40.6 Å². The molecule has 2 nitrogen and oxygen atoms in total. The van der Waals surface area contributed by atoms with Crippen LogP contribution in [-0.4, -0.2) is 18.5 Å². The van der Waals surface area contributed by atoms with Gasteiger partial charge in [0.2, 0.25) is 5.82 Å². The molecule has 1 rings (SSSR count). The summed E-state index contributed by atoms with van der Waals surface area (Å²) in [6, 6.07) is 0. The van der Waals surface area contributed by atoms with Gasteiger partial charge in [-0.1, -0.05) is 12.8 Å². The van der Waals surface area contributed by atoms with Crippen LogP contribution in [0.1, 0.15) is 36.0 Å². The van der Waals surface area contributed by atoms with Crippen molar-refractivity contribution in [2.45, 2.75) is 25.7 Å². The summed E-state index contributed by atoms with van der Waals surface area (Å²) in [5, 5.41) is 0. The number of esters is 1. The van der Waals surface area contributed by atoms with Crippen molar-refractivity contribution in [3.8, 4) is 0 Å². The first-order valence-corrected chi connectivity index (χ1v) is 6.69. The lowest BCUT2D eigenvalue weighted by atomic mass is 10.1. The molecule has 0 saturated carbocycles. The summed E-state index contributed by atoms with van der Waals surface area (Å²) in [6.45, 7) is -0.180. The molecular formula is C13H12ClF5O2. The molecule has 0 unspecified atom stereocenters. The second kappa shape index (κ2) is 8.17. The van der Waals surface area contributed by atoms with E-state index in [0.29, 0.717) is 18.7 Å². The first-order chi connectivity index (χ1) is 9.91. The molecular weight excluding hydrogens is 319 g/mol. The minimum atomic E-state index is -2.32. The highest BCUT2D eigenvalue weighted by atomic mass is 35.5. The van der Waals surface area contributed by atoms with Gasteiger partial charge in [0.25, 0.3) is 0 Å². The molecule has 0 aliphatic carbocycles. The molecule has 118 valence electrons. The van der Waals surface area contributed by atoms with Crippen LogP contribution in [0.3, 0.4) is 0 Å². The predicted molar refractivity (Wildman–Crippen MR) is 65.7 cm³/mol. The first-order valence-electron chi connectivity index (χ1n) is 6.16. The van der Waals surface area contributed by atoms with Crippen LogP contribution in [0, 0.1) is 29.1 Å². The zero-order valence-electron chi connectivity index (χ0n) is 10.8. The second-order valence-corrected chi connectivity index (χ2v) is 4.56. The zero-order valence-corrected chi connectivity index (χ0v) is 11.6. The quantitative estimate of drug-likeness (QED) is 0.186. The Labute approximate surface area is 122 Å². The molecule has 0 bridgehead atoms. The number of benzene rings is 1. The minimum absolute atomic E-state index is 0.180. The van der Waals surface area contributed by atoms with E-state index in [-0.39, 0.29) is 6.61 Å². The van der Waals surface area contributed by atoms with Gasteiger partial charge in [-0.05, 0) is 12.8 Å². The van der Waals surface area contributed by atoms with E-state index in [1.54, 1.807) is 0 Å². The molecule has 0 heterocycles. The Morgan fingerprint density at radius 2 is 1.29 bits per heavy atom. The van der Waals surface area contributed by atoms with Crippen molar-refractivity contribution in [1.82, 2.24) is 0 Å². The van der Waals surface area contributed by atoms with Crippen LogP contribution in [0.5, 0.6) is 0 Å². The van der Waals surface area contributed by atoms with Crippen LogP contribution >= 0.6 is 11.6 Å². The highest BCUT2D eigenvalue weighted by molar-refractivity contribution is 6.17. The van der Waals surface area contributed by atoms with Crippen molar-refractivity contribution in [3.05, 3.63) is 34.6 Å². The van der Waals surface area contributed by atoms with Gasteiger partial charge in [0.15, 0.2) is 23.3 Å². The molecule has 0 saturated heterocycles. The van der Waals surface area contributed by atoms with Crippen LogP contribution in [0.4, 0.5) is 22.0 Å². The third kappa shape index (κ3) is 4.30. The maximum Gasteiger partial charge on any atom is 0.344 e. The zero-order chi connectivity index (χ0) is 16.0. The number of carbonyl (C=O) groups is 1. The number of alkyl halides is 1. The maximum atomic E-state index is 13.3. The van der Waals surface area contributed by atoms with E-state index in [9.17, 15) is 26.7 Å². The average Bonchev–Trinajstić information content (AvgIpc) is 2.47. The van der Waals surface area contributed by atoms with Gasteiger partial charge in [-0.3, -0.25) is 0 Å². The van der Waals surface area contributed by atoms with Gasteiger partial charge in [-0.25, -0.2) is 26.7 Å². The third-order valence-corrected chi connectivity index (χ3v) is 2.94. The van der Waals surface area contributed by atoms with Gasteiger partial charge in [0, 0.05) is 5.88 Å². The van der Waals surface area contributed by atoms with E-state index in [1.807, 2.05) is 0 Å². The molecule has 0 fully saturated rings. The SMILES string of the molecule is O=C(OCCCCCCCl)c1c(F)c(F)c(F)c(F)c1F. The molecule has 0 aliphatic heterocycles. The summed E-state index contributed by atoms with van der Waals surface area (Å²) in [6.07, 6.45) is 2.62. The lowest BCUT2D eigenvalue weighted by Gasteiger charge is -2.08. The van der Waals surface area contributed by atoms with Gasteiger partial charge in [0.1, 0.15) is 5.56 Å². The Hall–Kier alpha value is -1.37. The van der Waals surface area contributed by atoms with Gasteiger partial charge >= 0.3 is 5.97 Å². The lowest BCUT2D eigenvalue weighted by molar-refractivity contribution is 0.0483. The summed E-state index contributed by atoms with van der Waals surface area (Å²) in [7, 11) is 0. The van der Waals surface area contributed by atoms with E-state index in [2.05, 4.69) is 4.74 Å². The maximum absolute atomic E-state index is 13.3. The second-order valence-electron chi connectivity index (χ2n) is 4.18. The smallest absolute Gasteiger partial charge is 0.344 e. The monoisotopic (exact) mass is 330 g/mol. The molecule has 1 aromatic carbocycles. The van der Waals surface area contributed by atoms with Gasteiger partial charge < -0.3 is 4.74 Å². The highest BCUT2D eigenvalue weighted by Crippen LogP contribution is 2.23. The number of hydrogen-bond donors (Lipinski definition) is 0. The Morgan fingerprint density at radius 1 is 0.810 bits per heavy atom. The van der Waals surface area contributed by atoms with Crippen LogP contribution in [0.2, 0.25) is 0 Å². The van der Waals surface area contributed by atoms with Crippen LogP contribution in [-0.2, 0) is 4.74 Å². The van der Waals surface area contributed by atoms with Gasteiger partial charge in [0.05, 0.1) is 6.61 Å². The molecule has 0 aliphatic rings. The van der Waals surface area contributed by atoms with Crippen molar-refractivity contribution < 1.29 is 31.5 Å². The molecule has 8 heteroatoms. The summed E-state index contributed by atoms with van der Waals surface area (Å²) in [4.78, 5) is 11.4. The molecule has 0 spiro atoms.